The second-order valence-corrected chi connectivity index (χ2v) is 15.2. The van der Waals surface area contributed by atoms with Gasteiger partial charge in [-0.15, -0.1) is 0 Å². The first-order valence-electron chi connectivity index (χ1n) is 20.7. The van der Waals surface area contributed by atoms with Crippen molar-refractivity contribution >= 4 is 17.9 Å². The highest BCUT2D eigenvalue weighted by Crippen LogP contribution is 2.15. The molecule has 8 nitrogen and oxygen atoms in total. The third-order valence-corrected chi connectivity index (χ3v) is 9.41. The minimum Gasteiger partial charge on any atom is -0.477 e. The number of nitrogens with zero attached hydrogens (tertiary/aromatic N) is 1. The molecule has 2 atom stereocenters. The lowest BCUT2D eigenvalue weighted by Gasteiger charge is -2.31. The molecule has 0 radical (unpaired) electrons. The van der Waals surface area contributed by atoms with Crippen LogP contribution in [0.3, 0.4) is 0 Å². The smallest absolute Gasteiger partial charge is 0.362 e. The van der Waals surface area contributed by atoms with E-state index in [0.717, 1.165) is 57.8 Å². The van der Waals surface area contributed by atoms with Crippen LogP contribution in [0.2, 0.25) is 0 Å². The lowest BCUT2D eigenvalue weighted by atomic mass is 10.0. The van der Waals surface area contributed by atoms with Gasteiger partial charge in [-0.05, 0) is 32.1 Å². The largest absolute Gasteiger partial charge is 0.477 e. The molecule has 0 aliphatic rings. The van der Waals surface area contributed by atoms with E-state index >= 15 is 0 Å². The summed E-state index contributed by atoms with van der Waals surface area (Å²) in [6.07, 6.45) is 33.9. The summed E-state index contributed by atoms with van der Waals surface area (Å²) >= 11 is 0. The lowest BCUT2D eigenvalue weighted by Crippen LogP contribution is -2.50. The quantitative estimate of drug-likeness (QED) is 0.0296. The number of aliphatic carboxylic acids is 1. The number of carbonyl (C=O) groups excluding carboxylic acids is 2. The maximum Gasteiger partial charge on any atom is 0.362 e. The van der Waals surface area contributed by atoms with Crippen molar-refractivity contribution in [3.05, 3.63) is 12.2 Å². The van der Waals surface area contributed by atoms with Crippen LogP contribution in [0.1, 0.15) is 187 Å². The number of carbonyl (C=O) groups is 3. The Bertz CT molecular complexity index is 838. The van der Waals surface area contributed by atoms with Crippen molar-refractivity contribution in [3.63, 3.8) is 0 Å². The number of hydrogen-bond donors (Lipinski definition) is 1. The second-order valence-electron chi connectivity index (χ2n) is 15.2. The first kappa shape index (κ1) is 48.1. The number of hydrogen-bond acceptors (Lipinski definition) is 6. The van der Waals surface area contributed by atoms with Gasteiger partial charge < -0.3 is 23.8 Å². The molecule has 0 amide bonds. The zero-order valence-corrected chi connectivity index (χ0v) is 33.4. The highest BCUT2D eigenvalue weighted by molar-refractivity contribution is 5.72. The number of ether oxygens (including phenoxy) is 3. The minimum absolute atomic E-state index is 0.0518. The number of esters is 2. The molecule has 0 aromatic heterocycles. The first-order chi connectivity index (χ1) is 24.1. The normalized spacial score (nSPS) is 13.1. The SMILES string of the molecule is CCCC/C=C/CCCCCCC(=O)OCC(COCCC(C(=O)O)[N+](C)(C)C)OC(=O)CCCCCCCCCCCCCCCCCC. The summed E-state index contributed by atoms with van der Waals surface area (Å²) in [6, 6.07) is -0.610. The summed E-state index contributed by atoms with van der Waals surface area (Å²) in [7, 11) is 5.52. The summed E-state index contributed by atoms with van der Waals surface area (Å²) < 4.78 is 17.2. The summed E-state index contributed by atoms with van der Waals surface area (Å²) in [5.41, 5.74) is 0. The van der Waals surface area contributed by atoms with Crippen LogP contribution in [0.4, 0.5) is 0 Å². The van der Waals surface area contributed by atoms with Crippen LogP contribution in [0, 0.1) is 0 Å². The Labute approximate surface area is 308 Å². The van der Waals surface area contributed by atoms with Crippen molar-refractivity contribution in [1.82, 2.24) is 0 Å². The molecule has 0 saturated carbocycles. The third-order valence-electron chi connectivity index (χ3n) is 9.41. The van der Waals surface area contributed by atoms with Crippen molar-refractivity contribution in [2.45, 2.75) is 199 Å². The van der Waals surface area contributed by atoms with Crippen LogP contribution in [-0.4, -0.2) is 80.6 Å². The van der Waals surface area contributed by atoms with Crippen molar-refractivity contribution < 1.29 is 38.2 Å². The van der Waals surface area contributed by atoms with Gasteiger partial charge in [0.25, 0.3) is 0 Å². The fraction of sp³-hybridized carbons (Fsp3) is 0.881. The maximum absolute atomic E-state index is 12.7. The summed E-state index contributed by atoms with van der Waals surface area (Å²) in [5, 5.41) is 9.59. The summed E-state index contributed by atoms with van der Waals surface area (Å²) in [5.74, 6) is -1.47. The van der Waals surface area contributed by atoms with E-state index in [2.05, 4.69) is 26.0 Å². The van der Waals surface area contributed by atoms with Crippen molar-refractivity contribution in [2.75, 3.05) is 41.0 Å². The predicted molar refractivity (Wildman–Crippen MR) is 206 cm³/mol. The molecule has 0 bridgehead atoms. The number of allylic oxidation sites excluding steroid dienone is 2. The number of unbranched alkanes of at least 4 members (excludes halogenated alkanes) is 21. The average Bonchev–Trinajstić information content (AvgIpc) is 3.06. The van der Waals surface area contributed by atoms with Crippen LogP contribution in [0.15, 0.2) is 12.2 Å². The average molecular weight is 711 g/mol. The molecule has 294 valence electrons. The van der Waals surface area contributed by atoms with Crippen molar-refractivity contribution in [3.8, 4) is 0 Å². The monoisotopic (exact) mass is 711 g/mol. The molecular formula is C42H80NO7+. The van der Waals surface area contributed by atoms with Gasteiger partial charge in [-0.1, -0.05) is 148 Å². The van der Waals surface area contributed by atoms with Gasteiger partial charge in [0, 0.05) is 19.3 Å². The van der Waals surface area contributed by atoms with Gasteiger partial charge in [-0.2, -0.15) is 0 Å². The molecule has 0 aromatic rings. The Morgan fingerprint density at radius 2 is 1.02 bits per heavy atom. The van der Waals surface area contributed by atoms with E-state index < -0.39 is 18.1 Å². The molecule has 0 rings (SSSR count). The lowest BCUT2D eigenvalue weighted by molar-refractivity contribution is -0.887. The van der Waals surface area contributed by atoms with Gasteiger partial charge in [-0.25, -0.2) is 4.79 Å². The van der Waals surface area contributed by atoms with E-state index in [-0.39, 0.29) is 36.2 Å². The van der Waals surface area contributed by atoms with Gasteiger partial charge in [-0.3, -0.25) is 9.59 Å². The van der Waals surface area contributed by atoms with Gasteiger partial charge in [0.1, 0.15) is 6.61 Å². The van der Waals surface area contributed by atoms with Gasteiger partial charge in [0.2, 0.25) is 0 Å². The number of carboxylic acids is 1. The molecule has 8 heteroatoms. The van der Waals surface area contributed by atoms with Crippen LogP contribution in [0.5, 0.6) is 0 Å². The molecule has 0 aliphatic heterocycles. The first-order valence-corrected chi connectivity index (χ1v) is 20.7. The Morgan fingerprint density at radius 3 is 1.50 bits per heavy atom. The standard InChI is InChI=1S/C42H79NO7/c1-6-8-10-12-14-16-18-19-20-21-22-23-25-27-29-31-33-41(45)50-38(36-48-35-34-39(42(46)47)43(3,4)5)37-49-40(44)32-30-28-26-24-17-15-13-11-9-7-2/h13,15,38-39H,6-12,14,16-37H2,1-5H3/p+1/b15-13+. The van der Waals surface area contributed by atoms with Crippen LogP contribution in [-0.2, 0) is 28.6 Å². The van der Waals surface area contributed by atoms with Gasteiger partial charge in [0.05, 0.1) is 34.4 Å². The molecule has 50 heavy (non-hydrogen) atoms. The molecule has 1 N–H and O–H groups in total. The van der Waals surface area contributed by atoms with Crippen molar-refractivity contribution in [1.29, 1.82) is 0 Å². The van der Waals surface area contributed by atoms with E-state index in [0.29, 0.717) is 19.3 Å². The molecule has 0 aliphatic carbocycles. The van der Waals surface area contributed by atoms with E-state index in [1.165, 1.54) is 96.3 Å². The predicted octanol–water partition coefficient (Wildman–Crippen LogP) is 10.7. The molecule has 0 heterocycles. The topological polar surface area (TPSA) is 99.1 Å². The van der Waals surface area contributed by atoms with Crippen LogP contribution >= 0.6 is 0 Å². The number of quaternary nitrogens is 1. The Hall–Kier alpha value is -1.93. The van der Waals surface area contributed by atoms with E-state index in [1.807, 2.05) is 21.1 Å². The number of likely N-dealkylation sites (N-methyl/N-ethyl adjacent to an activating group) is 1. The van der Waals surface area contributed by atoms with E-state index in [4.69, 9.17) is 14.2 Å². The summed E-state index contributed by atoms with van der Waals surface area (Å²) in [4.78, 5) is 36.8. The Balaban J connectivity index is 4.33. The minimum atomic E-state index is -0.875. The number of carboxylic acid groups (broad SMARTS) is 1. The molecule has 0 fully saturated rings. The van der Waals surface area contributed by atoms with Gasteiger partial charge >= 0.3 is 17.9 Å². The summed E-state index contributed by atoms with van der Waals surface area (Å²) in [6.45, 7) is 4.69. The zero-order chi connectivity index (χ0) is 37.1. The Morgan fingerprint density at radius 1 is 0.580 bits per heavy atom. The van der Waals surface area contributed by atoms with Crippen LogP contribution in [0.25, 0.3) is 0 Å². The molecule has 0 saturated heterocycles. The van der Waals surface area contributed by atoms with E-state index in [1.54, 1.807) is 0 Å². The molecule has 0 aromatic carbocycles. The van der Waals surface area contributed by atoms with E-state index in [9.17, 15) is 19.5 Å². The maximum atomic E-state index is 12.7. The highest BCUT2D eigenvalue weighted by Gasteiger charge is 2.31. The third kappa shape index (κ3) is 32.0. The fourth-order valence-corrected chi connectivity index (χ4v) is 6.13. The molecule has 2 unspecified atom stereocenters. The second kappa shape index (κ2) is 34.2. The fourth-order valence-electron chi connectivity index (χ4n) is 6.13. The van der Waals surface area contributed by atoms with Crippen molar-refractivity contribution in [2.24, 2.45) is 0 Å². The molecule has 0 spiro atoms. The highest BCUT2D eigenvalue weighted by atomic mass is 16.6. The molecular weight excluding hydrogens is 630 g/mol. The Kier molecular flexibility index (Phi) is 32.9. The number of rotatable bonds is 37. The van der Waals surface area contributed by atoms with Crippen LogP contribution < -0.4 is 0 Å². The zero-order valence-electron chi connectivity index (χ0n) is 33.4. The van der Waals surface area contributed by atoms with Gasteiger partial charge in [0.15, 0.2) is 12.1 Å².